The number of rotatable bonds is 5. The summed E-state index contributed by atoms with van der Waals surface area (Å²) in [5, 5.41) is 2.85. The Balaban J connectivity index is 1.82. The lowest BCUT2D eigenvalue weighted by Gasteiger charge is -2.06. The SMILES string of the molecule is COc1ccc(CCNC(=O)c2ccc(Br)cn2)cc1. The molecule has 1 heterocycles. The molecule has 5 heteroatoms. The van der Waals surface area contributed by atoms with Crippen molar-refractivity contribution in [2.24, 2.45) is 0 Å². The fourth-order valence-electron chi connectivity index (χ4n) is 1.71. The minimum Gasteiger partial charge on any atom is -0.497 e. The fourth-order valence-corrected chi connectivity index (χ4v) is 1.95. The summed E-state index contributed by atoms with van der Waals surface area (Å²) in [6, 6.07) is 11.3. The highest BCUT2D eigenvalue weighted by atomic mass is 79.9. The van der Waals surface area contributed by atoms with Gasteiger partial charge < -0.3 is 10.1 Å². The summed E-state index contributed by atoms with van der Waals surface area (Å²) in [5.41, 5.74) is 1.57. The number of methoxy groups -OCH3 is 1. The second-order valence-electron chi connectivity index (χ2n) is 4.22. The molecule has 1 aromatic carbocycles. The Morgan fingerprint density at radius 2 is 2.00 bits per heavy atom. The van der Waals surface area contributed by atoms with Crippen LogP contribution < -0.4 is 10.1 Å². The molecule has 1 N–H and O–H groups in total. The summed E-state index contributed by atoms with van der Waals surface area (Å²) in [6.07, 6.45) is 2.38. The number of benzene rings is 1. The van der Waals surface area contributed by atoms with Crippen LogP contribution in [0.5, 0.6) is 5.75 Å². The van der Waals surface area contributed by atoms with E-state index in [-0.39, 0.29) is 5.91 Å². The van der Waals surface area contributed by atoms with Gasteiger partial charge >= 0.3 is 0 Å². The third-order valence-electron chi connectivity index (χ3n) is 2.82. The molecular weight excluding hydrogens is 320 g/mol. The summed E-state index contributed by atoms with van der Waals surface area (Å²) < 4.78 is 5.95. The molecule has 0 bridgehead atoms. The average molecular weight is 335 g/mol. The van der Waals surface area contributed by atoms with E-state index in [1.54, 1.807) is 25.4 Å². The van der Waals surface area contributed by atoms with Gasteiger partial charge in [-0.15, -0.1) is 0 Å². The number of hydrogen-bond donors (Lipinski definition) is 1. The van der Waals surface area contributed by atoms with Gasteiger partial charge in [-0.25, -0.2) is 4.98 Å². The van der Waals surface area contributed by atoms with Gasteiger partial charge in [0.1, 0.15) is 11.4 Å². The minimum absolute atomic E-state index is 0.161. The van der Waals surface area contributed by atoms with Crippen molar-refractivity contribution in [2.75, 3.05) is 13.7 Å². The first-order valence-corrected chi connectivity index (χ1v) is 7.01. The third kappa shape index (κ3) is 4.06. The molecule has 0 saturated carbocycles. The molecule has 4 nitrogen and oxygen atoms in total. The van der Waals surface area contributed by atoms with E-state index in [2.05, 4.69) is 26.2 Å². The van der Waals surface area contributed by atoms with Crippen LogP contribution in [-0.2, 0) is 6.42 Å². The normalized spacial score (nSPS) is 10.1. The highest BCUT2D eigenvalue weighted by Crippen LogP contribution is 2.11. The molecule has 2 aromatic rings. The summed E-state index contributed by atoms with van der Waals surface area (Å²) in [4.78, 5) is 15.9. The van der Waals surface area contributed by atoms with E-state index in [9.17, 15) is 4.79 Å². The van der Waals surface area contributed by atoms with Crippen LogP contribution in [-0.4, -0.2) is 24.5 Å². The van der Waals surface area contributed by atoms with Crippen molar-refractivity contribution in [3.05, 3.63) is 58.3 Å². The zero-order chi connectivity index (χ0) is 14.4. The van der Waals surface area contributed by atoms with Crippen molar-refractivity contribution in [1.82, 2.24) is 10.3 Å². The first-order chi connectivity index (χ1) is 9.69. The van der Waals surface area contributed by atoms with E-state index < -0.39 is 0 Å². The lowest BCUT2D eigenvalue weighted by Crippen LogP contribution is -2.26. The Morgan fingerprint density at radius 3 is 2.60 bits per heavy atom. The number of carbonyl (C=O) groups is 1. The van der Waals surface area contributed by atoms with Gasteiger partial charge in [0.2, 0.25) is 0 Å². The molecule has 0 fully saturated rings. The highest BCUT2D eigenvalue weighted by Gasteiger charge is 2.05. The molecule has 0 radical (unpaired) electrons. The number of nitrogens with one attached hydrogen (secondary N) is 1. The maximum absolute atomic E-state index is 11.8. The van der Waals surface area contributed by atoms with Gasteiger partial charge in [0.05, 0.1) is 7.11 Å². The van der Waals surface area contributed by atoms with E-state index in [1.165, 1.54) is 0 Å². The summed E-state index contributed by atoms with van der Waals surface area (Å²) in [7, 11) is 1.64. The number of amides is 1. The van der Waals surface area contributed by atoms with Crippen LogP contribution in [0.25, 0.3) is 0 Å². The molecule has 2 rings (SSSR count). The van der Waals surface area contributed by atoms with Crippen LogP contribution in [0.1, 0.15) is 16.1 Å². The number of carbonyl (C=O) groups excluding carboxylic acids is 1. The Kier molecular flexibility index (Phi) is 5.12. The van der Waals surface area contributed by atoms with Crippen molar-refractivity contribution in [2.45, 2.75) is 6.42 Å². The zero-order valence-corrected chi connectivity index (χ0v) is 12.7. The lowest BCUT2D eigenvalue weighted by atomic mass is 10.1. The van der Waals surface area contributed by atoms with E-state index in [1.807, 2.05) is 24.3 Å². The maximum atomic E-state index is 11.8. The largest absolute Gasteiger partial charge is 0.497 e. The summed E-state index contributed by atoms with van der Waals surface area (Å²) >= 11 is 3.29. The predicted molar refractivity (Wildman–Crippen MR) is 81.0 cm³/mol. The monoisotopic (exact) mass is 334 g/mol. The van der Waals surface area contributed by atoms with Crippen molar-refractivity contribution < 1.29 is 9.53 Å². The summed E-state index contributed by atoms with van der Waals surface area (Å²) in [5.74, 6) is 0.669. The molecule has 104 valence electrons. The molecule has 1 aromatic heterocycles. The minimum atomic E-state index is -0.161. The smallest absolute Gasteiger partial charge is 0.269 e. The number of ether oxygens (including phenoxy) is 1. The number of pyridine rings is 1. The fraction of sp³-hybridized carbons (Fsp3) is 0.200. The summed E-state index contributed by atoms with van der Waals surface area (Å²) in [6.45, 7) is 0.572. The van der Waals surface area contributed by atoms with Crippen molar-refractivity contribution in [3.8, 4) is 5.75 Å². The lowest BCUT2D eigenvalue weighted by molar-refractivity contribution is 0.0949. The van der Waals surface area contributed by atoms with Gasteiger partial charge in [0.25, 0.3) is 5.91 Å². The molecule has 1 amide bonds. The van der Waals surface area contributed by atoms with Gasteiger partial charge in [0.15, 0.2) is 0 Å². The van der Waals surface area contributed by atoms with Crippen LogP contribution in [0.3, 0.4) is 0 Å². The van der Waals surface area contributed by atoms with E-state index >= 15 is 0 Å². The van der Waals surface area contributed by atoms with Gasteiger partial charge in [0, 0.05) is 17.2 Å². The van der Waals surface area contributed by atoms with E-state index in [4.69, 9.17) is 4.74 Å². The van der Waals surface area contributed by atoms with Crippen LogP contribution >= 0.6 is 15.9 Å². The molecule has 20 heavy (non-hydrogen) atoms. The average Bonchev–Trinajstić information content (AvgIpc) is 2.48. The number of hydrogen-bond acceptors (Lipinski definition) is 3. The Bertz CT molecular complexity index is 567. The zero-order valence-electron chi connectivity index (χ0n) is 11.1. The van der Waals surface area contributed by atoms with Crippen molar-refractivity contribution in [1.29, 1.82) is 0 Å². The number of aromatic nitrogens is 1. The second-order valence-corrected chi connectivity index (χ2v) is 5.13. The van der Waals surface area contributed by atoms with E-state index in [0.717, 1.165) is 22.2 Å². The number of nitrogens with zero attached hydrogens (tertiary/aromatic N) is 1. The van der Waals surface area contributed by atoms with Gasteiger partial charge in [-0.3, -0.25) is 4.79 Å². The topological polar surface area (TPSA) is 51.2 Å². The Morgan fingerprint density at radius 1 is 1.25 bits per heavy atom. The first-order valence-electron chi connectivity index (χ1n) is 6.22. The van der Waals surface area contributed by atoms with Gasteiger partial charge in [-0.1, -0.05) is 12.1 Å². The Hall–Kier alpha value is -1.88. The quantitative estimate of drug-likeness (QED) is 0.914. The molecule has 0 saturated heterocycles. The van der Waals surface area contributed by atoms with Crippen LogP contribution in [0, 0.1) is 0 Å². The Labute approximate surface area is 126 Å². The van der Waals surface area contributed by atoms with Crippen molar-refractivity contribution >= 4 is 21.8 Å². The highest BCUT2D eigenvalue weighted by molar-refractivity contribution is 9.10. The van der Waals surface area contributed by atoms with Gasteiger partial charge in [-0.2, -0.15) is 0 Å². The molecule has 0 spiro atoms. The molecule has 0 aliphatic heterocycles. The van der Waals surface area contributed by atoms with Gasteiger partial charge in [-0.05, 0) is 52.2 Å². The second kappa shape index (κ2) is 7.05. The molecule has 0 unspecified atom stereocenters. The predicted octanol–water partition coefficient (Wildman–Crippen LogP) is 2.83. The van der Waals surface area contributed by atoms with Crippen LogP contribution in [0.2, 0.25) is 0 Å². The maximum Gasteiger partial charge on any atom is 0.269 e. The third-order valence-corrected chi connectivity index (χ3v) is 3.29. The van der Waals surface area contributed by atoms with Crippen LogP contribution in [0.4, 0.5) is 0 Å². The number of halogens is 1. The molecule has 0 aliphatic carbocycles. The van der Waals surface area contributed by atoms with E-state index in [0.29, 0.717) is 12.2 Å². The molecule has 0 atom stereocenters. The van der Waals surface area contributed by atoms with Crippen molar-refractivity contribution in [3.63, 3.8) is 0 Å². The molecule has 0 aliphatic rings. The standard InChI is InChI=1S/C15H15BrN2O2/c1-20-13-5-2-11(3-6-13)8-9-17-15(19)14-7-4-12(16)10-18-14/h2-7,10H,8-9H2,1H3,(H,17,19). The van der Waals surface area contributed by atoms with Crippen LogP contribution in [0.15, 0.2) is 47.1 Å². The first kappa shape index (κ1) is 14.5. The molecular formula is C15H15BrN2O2.